The van der Waals surface area contributed by atoms with Crippen LogP contribution in [0.15, 0.2) is 30.4 Å². The Bertz CT molecular complexity index is 815. The Morgan fingerprint density at radius 1 is 1.08 bits per heavy atom. The van der Waals surface area contributed by atoms with E-state index in [9.17, 15) is 19.7 Å². The molecule has 4 aliphatic carbocycles. The maximum absolute atomic E-state index is 13.0. The average molecular weight is 345 g/mol. The molecule has 0 radical (unpaired) electrons. The Morgan fingerprint density at radius 2 is 1.67 bits per heavy atom. The highest BCUT2D eigenvalue weighted by Crippen LogP contribution is 2.65. The predicted octanol–water partition coefficient (Wildman–Crippen LogP) is 2.81. The lowest BCUT2D eigenvalue weighted by molar-refractivity contribution is -0.384. The molecular formula is C17H13ClN2O4. The van der Waals surface area contributed by atoms with Crippen LogP contribution in [0, 0.1) is 45.6 Å². The zero-order valence-electron chi connectivity index (χ0n) is 12.5. The first-order chi connectivity index (χ1) is 11.5. The molecule has 6 rings (SSSR count). The normalized spacial score (nSPS) is 38.3. The van der Waals surface area contributed by atoms with Gasteiger partial charge in [0.2, 0.25) is 11.8 Å². The van der Waals surface area contributed by atoms with E-state index >= 15 is 0 Å². The molecule has 0 spiro atoms. The van der Waals surface area contributed by atoms with Crippen LogP contribution in [0.4, 0.5) is 11.4 Å². The van der Waals surface area contributed by atoms with Gasteiger partial charge in [-0.15, -0.1) is 0 Å². The van der Waals surface area contributed by atoms with Crippen LogP contribution in [0.1, 0.15) is 6.42 Å². The number of rotatable bonds is 2. The minimum atomic E-state index is -0.557. The molecule has 122 valence electrons. The van der Waals surface area contributed by atoms with E-state index in [4.69, 9.17) is 11.6 Å². The van der Waals surface area contributed by atoms with Crippen LogP contribution in [0.25, 0.3) is 0 Å². The van der Waals surface area contributed by atoms with Gasteiger partial charge in [0.1, 0.15) is 0 Å². The summed E-state index contributed by atoms with van der Waals surface area (Å²) >= 11 is 6.15. The summed E-state index contributed by atoms with van der Waals surface area (Å²) in [6.07, 6.45) is 5.26. The SMILES string of the molecule is O=C1[C@H]2[C@@H]3C=C[C@@H]([C@H]4C[C@H]34)[C@@H]2C(=O)N1c1cc([N+](=O)[O-])ccc1Cl. The zero-order valence-corrected chi connectivity index (χ0v) is 13.2. The van der Waals surface area contributed by atoms with Crippen molar-refractivity contribution in [2.75, 3.05) is 4.90 Å². The maximum atomic E-state index is 13.0. The Hall–Kier alpha value is -2.21. The summed E-state index contributed by atoms with van der Waals surface area (Å²) in [7, 11) is 0. The largest absolute Gasteiger partial charge is 0.274 e. The number of imide groups is 1. The molecule has 6 atom stereocenters. The Balaban J connectivity index is 1.60. The molecule has 1 aromatic carbocycles. The number of nitro groups is 1. The van der Waals surface area contributed by atoms with Crippen LogP contribution in [0.3, 0.4) is 0 Å². The predicted molar refractivity (Wildman–Crippen MR) is 85.3 cm³/mol. The van der Waals surface area contributed by atoms with Crippen LogP contribution >= 0.6 is 11.6 Å². The van der Waals surface area contributed by atoms with Gasteiger partial charge < -0.3 is 0 Å². The third kappa shape index (κ3) is 1.61. The first kappa shape index (κ1) is 14.2. The topological polar surface area (TPSA) is 80.5 Å². The molecule has 24 heavy (non-hydrogen) atoms. The van der Waals surface area contributed by atoms with E-state index in [1.165, 1.54) is 18.2 Å². The molecule has 2 bridgehead atoms. The van der Waals surface area contributed by atoms with Gasteiger partial charge in [-0.25, -0.2) is 4.90 Å². The Labute approximate surface area is 142 Å². The first-order valence-corrected chi connectivity index (χ1v) is 8.37. The van der Waals surface area contributed by atoms with Gasteiger partial charge in [-0.1, -0.05) is 23.8 Å². The molecule has 0 unspecified atom stereocenters. The zero-order chi connectivity index (χ0) is 16.7. The molecule has 1 heterocycles. The van der Waals surface area contributed by atoms with E-state index in [1.54, 1.807) is 0 Å². The van der Waals surface area contributed by atoms with Crippen molar-refractivity contribution in [1.82, 2.24) is 0 Å². The van der Waals surface area contributed by atoms with E-state index in [1.807, 2.05) is 0 Å². The molecule has 2 amide bonds. The van der Waals surface area contributed by atoms with Crippen LogP contribution in [-0.2, 0) is 9.59 Å². The van der Waals surface area contributed by atoms with Gasteiger partial charge in [0.05, 0.1) is 27.5 Å². The fraction of sp³-hybridized carbons (Fsp3) is 0.412. The van der Waals surface area contributed by atoms with E-state index in [0.29, 0.717) is 11.8 Å². The number of hydrogen-bond acceptors (Lipinski definition) is 4. The molecule has 5 aliphatic rings. The highest BCUT2D eigenvalue weighted by molar-refractivity contribution is 6.36. The van der Waals surface area contributed by atoms with Crippen molar-refractivity contribution in [3.8, 4) is 0 Å². The van der Waals surface area contributed by atoms with Crippen LogP contribution in [-0.4, -0.2) is 16.7 Å². The number of carbonyl (C=O) groups is 2. The number of anilines is 1. The molecule has 3 fully saturated rings. The number of benzene rings is 1. The van der Waals surface area contributed by atoms with E-state index in [2.05, 4.69) is 12.2 Å². The molecule has 1 aliphatic heterocycles. The number of amides is 2. The number of nitro benzene ring substituents is 1. The maximum Gasteiger partial charge on any atom is 0.271 e. The van der Waals surface area contributed by atoms with Gasteiger partial charge in [0, 0.05) is 12.1 Å². The molecule has 1 saturated heterocycles. The number of non-ortho nitro benzene ring substituents is 1. The quantitative estimate of drug-likeness (QED) is 0.357. The second-order valence-corrected chi connectivity index (χ2v) is 7.47. The van der Waals surface area contributed by atoms with E-state index < -0.39 is 4.92 Å². The molecule has 0 N–H and O–H groups in total. The minimum absolute atomic E-state index is 0.115. The molecular weight excluding hydrogens is 332 g/mol. The van der Waals surface area contributed by atoms with Crippen molar-refractivity contribution >= 4 is 34.8 Å². The van der Waals surface area contributed by atoms with Crippen molar-refractivity contribution in [2.24, 2.45) is 35.5 Å². The third-order valence-electron chi connectivity index (χ3n) is 6.04. The number of nitrogens with zero attached hydrogens (tertiary/aromatic N) is 2. The number of carbonyl (C=O) groups excluding carboxylic acids is 2. The molecule has 1 aromatic rings. The Kier molecular flexibility index (Phi) is 2.62. The van der Waals surface area contributed by atoms with Crippen LogP contribution in [0.5, 0.6) is 0 Å². The van der Waals surface area contributed by atoms with E-state index in [-0.39, 0.29) is 51.9 Å². The van der Waals surface area contributed by atoms with Crippen molar-refractivity contribution < 1.29 is 14.5 Å². The van der Waals surface area contributed by atoms with Crippen molar-refractivity contribution in [1.29, 1.82) is 0 Å². The lowest BCUT2D eigenvalue weighted by atomic mass is 9.63. The number of allylic oxidation sites excluding steroid dienone is 2. The molecule has 2 saturated carbocycles. The van der Waals surface area contributed by atoms with Crippen LogP contribution in [0.2, 0.25) is 5.02 Å². The summed E-state index contributed by atoms with van der Waals surface area (Å²) < 4.78 is 0. The van der Waals surface area contributed by atoms with Gasteiger partial charge in [0.25, 0.3) is 5.69 Å². The standard InChI is InChI=1S/C17H13ClN2O4/c18-12-4-1-7(20(23)24)5-13(12)19-16(21)14-8-2-3-9(11-6-10(8)11)15(14)17(19)22/h1-5,8-11,14-15H,6H2/t8-,9+,10-,11-,14+,15+/m1/s1. The molecule has 0 aromatic heterocycles. The summed E-state index contributed by atoms with van der Waals surface area (Å²) in [5.41, 5.74) is -0.0582. The second kappa shape index (κ2) is 4.45. The summed E-state index contributed by atoms with van der Waals surface area (Å²) in [4.78, 5) is 37.5. The fourth-order valence-corrected chi connectivity index (χ4v) is 5.18. The van der Waals surface area contributed by atoms with Crippen molar-refractivity contribution in [3.05, 3.63) is 45.5 Å². The highest BCUT2D eigenvalue weighted by Gasteiger charge is 2.67. The highest BCUT2D eigenvalue weighted by atomic mass is 35.5. The first-order valence-electron chi connectivity index (χ1n) is 7.99. The Morgan fingerprint density at radius 3 is 2.21 bits per heavy atom. The second-order valence-electron chi connectivity index (χ2n) is 7.06. The molecule has 7 heteroatoms. The minimum Gasteiger partial charge on any atom is -0.274 e. The lowest BCUT2D eigenvalue weighted by Crippen LogP contribution is -2.40. The summed E-state index contributed by atoms with van der Waals surface area (Å²) in [5, 5.41) is 11.2. The smallest absolute Gasteiger partial charge is 0.271 e. The third-order valence-corrected chi connectivity index (χ3v) is 6.36. The monoisotopic (exact) mass is 344 g/mol. The van der Waals surface area contributed by atoms with Crippen LogP contribution < -0.4 is 4.90 Å². The fourth-order valence-electron chi connectivity index (χ4n) is 4.98. The average Bonchev–Trinajstić information content (AvgIpc) is 3.33. The van der Waals surface area contributed by atoms with Crippen molar-refractivity contribution in [3.63, 3.8) is 0 Å². The van der Waals surface area contributed by atoms with Gasteiger partial charge in [-0.3, -0.25) is 19.7 Å². The van der Waals surface area contributed by atoms with E-state index in [0.717, 1.165) is 11.3 Å². The van der Waals surface area contributed by atoms with Gasteiger partial charge in [-0.05, 0) is 36.2 Å². The summed E-state index contributed by atoms with van der Waals surface area (Å²) in [6, 6.07) is 3.85. The number of hydrogen-bond donors (Lipinski definition) is 0. The molecule has 6 nitrogen and oxygen atoms in total. The summed E-state index contributed by atoms with van der Waals surface area (Å²) in [6.45, 7) is 0. The number of halogens is 1. The van der Waals surface area contributed by atoms with Gasteiger partial charge >= 0.3 is 0 Å². The van der Waals surface area contributed by atoms with Crippen molar-refractivity contribution in [2.45, 2.75) is 6.42 Å². The van der Waals surface area contributed by atoms with Gasteiger partial charge in [0.15, 0.2) is 0 Å². The lowest BCUT2D eigenvalue weighted by Gasteiger charge is -2.37. The summed E-state index contributed by atoms with van der Waals surface area (Å²) in [5.74, 6) is 0.0391. The van der Waals surface area contributed by atoms with Gasteiger partial charge in [-0.2, -0.15) is 0 Å².